The van der Waals surface area contributed by atoms with Crippen LogP contribution in [0.4, 0.5) is 0 Å². The lowest BCUT2D eigenvalue weighted by Gasteiger charge is -2.10. The summed E-state index contributed by atoms with van der Waals surface area (Å²) in [6, 6.07) is 17.5. The summed E-state index contributed by atoms with van der Waals surface area (Å²) in [6.07, 6.45) is 2.13. The van der Waals surface area contributed by atoms with Gasteiger partial charge >= 0.3 is 0 Å². The van der Waals surface area contributed by atoms with E-state index in [0.29, 0.717) is 17.6 Å². The minimum atomic E-state index is -0.270. The fraction of sp³-hybridized carbons (Fsp3) is 0.211. The highest BCUT2D eigenvalue weighted by molar-refractivity contribution is 7.99. The van der Waals surface area contributed by atoms with Gasteiger partial charge in [0, 0.05) is 11.4 Å². The Balaban J connectivity index is 1.50. The fourth-order valence-electron chi connectivity index (χ4n) is 2.48. The highest BCUT2D eigenvalue weighted by atomic mass is 32.2. The van der Waals surface area contributed by atoms with E-state index in [-0.39, 0.29) is 18.0 Å². The van der Waals surface area contributed by atoms with Gasteiger partial charge in [0.1, 0.15) is 6.54 Å². The SMILES string of the molecule is O=C(Cn1c(=O)cnc2ccccc21)NCCCSc1ccccc1. The van der Waals surface area contributed by atoms with E-state index >= 15 is 0 Å². The van der Waals surface area contributed by atoms with Crippen LogP contribution in [0.5, 0.6) is 0 Å². The number of para-hydroxylation sites is 2. The van der Waals surface area contributed by atoms with Crippen molar-refractivity contribution in [1.29, 1.82) is 0 Å². The number of nitrogens with zero attached hydrogens (tertiary/aromatic N) is 2. The minimum Gasteiger partial charge on any atom is -0.355 e. The van der Waals surface area contributed by atoms with Crippen molar-refractivity contribution in [1.82, 2.24) is 14.9 Å². The summed E-state index contributed by atoms with van der Waals surface area (Å²) in [4.78, 5) is 29.5. The van der Waals surface area contributed by atoms with E-state index in [2.05, 4.69) is 22.4 Å². The Hall–Kier alpha value is -2.60. The van der Waals surface area contributed by atoms with Crippen LogP contribution in [-0.4, -0.2) is 27.8 Å². The Morgan fingerprint density at radius 1 is 1.08 bits per heavy atom. The molecule has 0 unspecified atom stereocenters. The predicted octanol–water partition coefficient (Wildman–Crippen LogP) is 2.70. The monoisotopic (exact) mass is 353 g/mol. The lowest BCUT2D eigenvalue weighted by Crippen LogP contribution is -2.33. The third-order valence-corrected chi connectivity index (χ3v) is 4.81. The molecule has 0 radical (unpaired) electrons. The molecule has 0 saturated heterocycles. The van der Waals surface area contributed by atoms with Crippen molar-refractivity contribution in [2.75, 3.05) is 12.3 Å². The fourth-order valence-corrected chi connectivity index (χ4v) is 3.36. The lowest BCUT2D eigenvalue weighted by atomic mass is 10.3. The lowest BCUT2D eigenvalue weighted by molar-refractivity contribution is -0.121. The minimum absolute atomic E-state index is 0.00763. The van der Waals surface area contributed by atoms with Crippen LogP contribution < -0.4 is 10.9 Å². The second-order valence-corrected chi connectivity index (χ2v) is 6.70. The van der Waals surface area contributed by atoms with Gasteiger partial charge in [0.25, 0.3) is 5.56 Å². The number of carbonyl (C=O) groups is 1. The number of carbonyl (C=O) groups excluding carboxylic acids is 1. The van der Waals surface area contributed by atoms with E-state index in [4.69, 9.17) is 0 Å². The number of amides is 1. The Labute approximate surface area is 150 Å². The highest BCUT2D eigenvalue weighted by Gasteiger charge is 2.08. The van der Waals surface area contributed by atoms with Crippen LogP contribution in [0.1, 0.15) is 6.42 Å². The number of rotatable bonds is 7. The molecular formula is C19H19N3O2S. The van der Waals surface area contributed by atoms with Gasteiger partial charge in [-0.3, -0.25) is 14.2 Å². The summed E-state index contributed by atoms with van der Waals surface area (Å²) < 4.78 is 1.45. The van der Waals surface area contributed by atoms with E-state index in [1.165, 1.54) is 15.7 Å². The first-order valence-electron chi connectivity index (χ1n) is 8.13. The Morgan fingerprint density at radius 3 is 2.68 bits per heavy atom. The van der Waals surface area contributed by atoms with Crippen LogP contribution in [0, 0.1) is 0 Å². The second kappa shape index (κ2) is 8.48. The number of fused-ring (bicyclic) bond motifs is 1. The van der Waals surface area contributed by atoms with Crippen molar-refractivity contribution in [3.8, 4) is 0 Å². The van der Waals surface area contributed by atoms with Crippen LogP contribution in [0.3, 0.4) is 0 Å². The molecule has 0 fully saturated rings. The van der Waals surface area contributed by atoms with E-state index in [1.807, 2.05) is 36.4 Å². The summed E-state index contributed by atoms with van der Waals surface area (Å²) in [5, 5.41) is 2.88. The zero-order chi connectivity index (χ0) is 17.5. The molecule has 6 heteroatoms. The molecule has 1 N–H and O–H groups in total. The first-order valence-corrected chi connectivity index (χ1v) is 9.12. The molecule has 0 aliphatic rings. The Morgan fingerprint density at radius 2 is 1.84 bits per heavy atom. The van der Waals surface area contributed by atoms with Crippen molar-refractivity contribution >= 4 is 28.7 Å². The van der Waals surface area contributed by atoms with Gasteiger partial charge < -0.3 is 5.32 Å². The van der Waals surface area contributed by atoms with Crippen molar-refractivity contribution in [2.45, 2.75) is 17.9 Å². The number of nitrogens with one attached hydrogen (secondary N) is 1. The average Bonchev–Trinajstić information content (AvgIpc) is 2.65. The largest absolute Gasteiger partial charge is 0.355 e. The highest BCUT2D eigenvalue weighted by Crippen LogP contribution is 2.17. The maximum Gasteiger partial charge on any atom is 0.269 e. The van der Waals surface area contributed by atoms with Gasteiger partial charge in [-0.25, -0.2) is 4.98 Å². The third-order valence-electron chi connectivity index (χ3n) is 3.71. The van der Waals surface area contributed by atoms with Crippen LogP contribution >= 0.6 is 11.8 Å². The van der Waals surface area contributed by atoms with Gasteiger partial charge in [0.05, 0.1) is 17.2 Å². The van der Waals surface area contributed by atoms with Crippen molar-refractivity contribution < 1.29 is 4.79 Å². The van der Waals surface area contributed by atoms with Gasteiger partial charge in [-0.2, -0.15) is 0 Å². The van der Waals surface area contributed by atoms with Crippen molar-refractivity contribution in [3.05, 3.63) is 71.1 Å². The van der Waals surface area contributed by atoms with Crippen LogP contribution in [0.2, 0.25) is 0 Å². The number of thioether (sulfide) groups is 1. The van der Waals surface area contributed by atoms with Gasteiger partial charge in [-0.05, 0) is 36.4 Å². The van der Waals surface area contributed by atoms with Crippen LogP contribution in [0.25, 0.3) is 11.0 Å². The average molecular weight is 353 g/mol. The van der Waals surface area contributed by atoms with E-state index in [0.717, 1.165) is 12.2 Å². The van der Waals surface area contributed by atoms with E-state index in [1.54, 1.807) is 17.8 Å². The normalized spacial score (nSPS) is 10.7. The summed E-state index contributed by atoms with van der Waals surface area (Å²) in [5.41, 5.74) is 1.10. The predicted molar refractivity (Wildman–Crippen MR) is 101 cm³/mol. The molecule has 1 aromatic heterocycles. The van der Waals surface area contributed by atoms with Crippen LogP contribution in [0.15, 0.2) is 70.5 Å². The molecule has 2 aromatic carbocycles. The molecule has 3 rings (SSSR count). The maximum atomic E-state index is 12.1. The first kappa shape index (κ1) is 17.2. The molecule has 0 atom stereocenters. The summed E-state index contributed by atoms with van der Waals surface area (Å²) >= 11 is 1.77. The topological polar surface area (TPSA) is 64.0 Å². The number of benzene rings is 2. The molecule has 128 valence electrons. The summed E-state index contributed by atoms with van der Waals surface area (Å²) in [7, 11) is 0. The number of hydrogen-bond donors (Lipinski definition) is 1. The Kier molecular flexibility index (Phi) is 5.85. The molecule has 0 aliphatic carbocycles. The molecule has 0 spiro atoms. The van der Waals surface area contributed by atoms with Gasteiger partial charge in [0.2, 0.25) is 5.91 Å². The summed E-state index contributed by atoms with van der Waals surface area (Å²) in [5.74, 6) is 0.769. The molecule has 0 bridgehead atoms. The van der Waals surface area contributed by atoms with E-state index in [9.17, 15) is 9.59 Å². The second-order valence-electron chi connectivity index (χ2n) is 5.54. The molecule has 5 nitrogen and oxygen atoms in total. The maximum absolute atomic E-state index is 12.1. The molecule has 1 heterocycles. The molecule has 25 heavy (non-hydrogen) atoms. The van der Waals surface area contributed by atoms with Crippen LogP contribution in [-0.2, 0) is 11.3 Å². The Bertz CT molecular complexity index is 909. The number of hydrogen-bond acceptors (Lipinski definition) is 4. The molecular weight excluding hydrogens is 334 g/mol. The third kappa shape index (κ3) is 4.70. The standard InChI is InChI=1S/C19H19N3O2S/c23-18(20-11-6-12-25-15-7-2-1-3-8-15)14-22-17-10-5-4-9-16(17)21-13-19(22)24/h1-5,7-10,13H,6,11-12,14H2,(H,20,23). The van der Waals surface area contributed by atoms with Crippen molar-refractivity contribution in [2.24, 2.45) is 0 Å². The molecule has 1 amide bonds. The zero-order valence-corrected chi connectivity index (χ0v) is 14.5. The molecule has 0 aliphatic heterocycles. The van der Waals surface area contributed by atoms with E-state index < -0.39 is 0 Å². The zero-order valence-electron chi connectivity index (χ0n) is 13.7. The van der Waals surface area contributed by atoms with Crippen molar-refractivity contribution in [3.63, 3.8) is 0 Å². The van der Waals surface area contributed by atoms with Gasteiger partial charge in [0.15, 0.2) is 0 Å². The van der Waals surface area contributed by atoms with Gasteiger partial charge in [-0.15, -0.1) is 11.8 Å². The molecule has 0 saturated carbocycles. The quantitative estimate of drug-likeness (QED) is 0.524. The number of aromatic nitrogens is 2. The summed E-state index contributed by atoms with van der Waals surface area (Å²) in [6.45, 7) is 0.601. The molecule has 3 aromatic rings. The van der Waals surface area contributed by atoms with Gasteiger partial charge in [-0.1, -0.05) is 30.3 Å². The first-order chi connectivity index (χ1) is 12.2. The smallest absolute Gasteiger partial charge is 0.269 e.